The number of aromatic nitrogens is 3. The Hall–Kier alpha value is -2.89. The van der Waals surface area contributed by atoms with Crippen molar-refractivity contribution in [1.82, 2.24) is 14.9 Å². The number of rotatable bonds is 6. The number of hydrogen-bond acceptors (Lipinski definition) is 4. The number of carbonyl (C=O) groups is 1. The van der Waals surface area contributed by atoms with Crippen LogP contribution in [0.1, 0.15) is 40.6 Å². The third-order valence-electron chi connectivity index (χ3n) is 4.15. The minimum atomic E-state index is -0.271. The molecular formula is C18H18N4O2. The predicted molar refractivity (Wildman–Crippen MR) is 88.8 cm³/mol. The number of nitrogens with one attached hydrogen (secondary N) is 1. The number of anilines is 1. The molecule has 1 N–H and O–H groups in total. The molecule has 1 aromatic carbocycles. The quantitative estimate of drug-likeness (QED) is 0.756. The molecule has 0 spiro atoms. The fraction of sp³-hybridized carbons (Fsp3) is 0.278. The molecule has 4 rings (SSSR count). The lowest BCUT2D eigenvalue weighted by molar-refractivity contribution is 0.101. The van der Waals surface area contributed by atoms with E-state index in [0.717, 1.165) is 25.0 Å². The van der Waals surface area contributed by atoms with Gasteiger partial charge < -0.3 is 9.84 Å². The van der Waals surface area contributed by atoms with Crippen LogP contribution in [-0.2, 0) is 13.0 Å². The Morgan fingerprint density at radius 3 is 2.88 bits per heavy atom. The molecule has 0 radical (unpaired) electrons. The van der Waals surface area contributed by atoms with Gasteiger partial charge in [0.1, 0.15) is 11.6 Å². The van der Waals surface area contributed by atoms with E-state index in [2.05, 4.69) is 27.7 Å². The van der Waals surface area contributed by atoms with Crippen molar-refractivity contribution >= 4 is 11.7 Å². The van der Waals surface area contributed by atoms with Crippen LogP contribution < -0.4 is 5.32 Å². The first-order valence-electron chi connectivity index (χ1n) is 8.13. The van der Waals surface area contributed by atoms with Crippen molar-refractivity contribution < 1.29 is 9.32 Å². The summed E-state index contributed by atoms with van der Waals surface area (Å²) >= 11 is 0. The number of carbonyl (C=O) groups excluding carboxylic acids is 1. The van der Waals surface area contributed by atoms with Crippen LogP contribution in [0.5, 0.6) is 0 Å². The summed E-state index contributed by atoms with van der Waals surface area (Å²) in [7, 11) is 0. The zero-order chi connectivity index (χ0) is 16.4. The van der Waals surface area contributed by atoms with Gasteiger partial charge in [0.2, 0.25) is 0 Å². The molecule has 1 fully saturated rings. The van der Waals surface area contributed by atoms with Gasteiger partial charge in [-0.25, -0.2) is 4.68 Å². The lowest BCUT2D eigenvalue weighted by Gasteiger charge is -2.08. The van der Waals surface area contributed by atoms with Gasteiger partial charge in [0, 0.05) is 24.6 Å². The van der Waals surface area contributed by atoms with Gasteiger partial charge in [0.05, 0.1) is 6.20 Å². The molecule has 2 heterocycles. The van der Waals surface area contributed by atoms with Crippen LogP contribution in [0.3, 0.4) is 0 Å². The summed E-state index contributed by atoms with van der Waals surface area (Å²) in [4.78, 5) is 12.3. The molecule has 0 unspecified atom stereocenters. The minimum absolute atomic E-state index is 0.271. The fourth-order valence-electron chi connectivity index (χ4n) is 2.63. The average Bonchev–Trinajstić information content (AvgIpc) is 3.17. The fourth-order valence-corrected chi connectivity index (χ4v) is 2.63. The average molecular weight is 322 g/mol. The normalized spacial score (nSPS) is 13.8. The second kappa shape index (κ2) is 6.31. The van der Waals surface area contributed by atoms with Gasteiger partial charge in [-0.15, -0.1) is 0 Å². The number of hydrogen-bond donors (Lipinski definition) is 1. The number of aryl methyl sites for hydroxylation is 2. The SMILES string of the molecule is O=C(Nc1ccnn1CCc1ccccc1)c1cc(C2CC2)on1. The first kappa shape index (κ1) is 14.7. The molecule has 6 nitrogen and oxygen atoms in total. The molecule has 2 aromatic heterocycles. The number of benzene rings is 1. The van der Waals surface area contributed by atoms with E-state index in [0.29, 0.717) is 24.0 Å². The number of nitrogens with zero attached hydrogens (tertiary/aromatic N) is 3. The maximum absolute atomic E-state index is 12.3. The molecular weight excluding hydrogens is 304 g/mol. The summed E-state index contributed by atoms with van der Waals surface area (Å²) < 4.78 is 7.02. The molecule has 24 heavy (non-hydrogen) atoms. The zero-order valence-electron chi connectivity index (χ0n) is 13.2. The van der Waals surface area contributed by atoms with E-state index >= 15 is 0 Å². The third kappa shape index (κ3) is 3.22. The molecule has 1 aliphatic rings. The highest BCUT2D eigenvalue weighted by atomic mass is 16.5. The van der Waals surface area contributed by atoms with Gasteiger partial charge in [0.25, 0.3) is 5.91 Å². The molecule has 0 aliphatic heterocycles. The first-order valence-corrected chi connectivity index (χ1v) is 8.13. The zero-order valence-corrected chi connectivity index (χ0v) is 13.2. The Morgan fingerprint density at radius 2 is 2.08 bits per heavy atom. The van der Waals surface area contributed by atoms with Crippen molar-refractivity contribution in [3.8, 4) is 0 Å². The second-order valence-corrected chi connectivity index (χ2v) is 6.02. The van der Waals surface area contributed by atoms with E-state index in [1.165, 1.54) is 5.56 Å². The smallest absolute Gasteiger partial charge is 0.278 e. The van der Waals surface area contributed by atoms with Crippen molar-refractivity contribution in [2.45, 2.75) is 31.7 Å². The molecule has 0 atom stereocenters. The minimum Gasteiger partial charge on any atom is -0.360 e. The van der Waals surface area contributed by atoms with E-state index in [9.17, 15) is 4.79 Å². The summed E-state index contributed by atoms with van der Waals surface area (Å²) in [5, 5.41) is 11.0. The van der Waals surface area contributed by atoms with Gasteiger partial charge in [-0.3, -0.25) is 4.79 Å². The number of amides is 1. The van der Waals surface area contributed by atoms with Crippen LogP contribution in [0.2, 0.25) is 0 Å². The van der Waals surface area contributed by atoms with Gasteiger partial charge in [-0.1, -0.05) is 35.5 Å². The Bertz CT molecular complexity index is 834. The summed E-state index contributed by atoms with van der Waals surface area (Å²) in [5.74, 6) is 1.63. The van der Waals surface area contributed by atoms with Gasteiger partial charge >= 0.3 is 0 Å². The molecule has 3 aromatic rings. The van der Waals surface area contributed by atoms with Crippen LogP contribution in [-0.4, -0.2) is 20.8 Å². The van der Waals surface area contributed by atoms with Crippen LogP contribution >= 0.6 is 0 Å². The highest BCUT2D eigenvalue weighted by Gasteiger charge is 2.29. The van der Waals surface area contributed by atoms with E-state index in [1.54, 1.807) is 23.0 Å². The van der Waals surface area contributed by atoms with E-state index in [1.807, 2.05) is 18.2 Å². The molecule has 1 saturated carbocycles. The highest BCUT2D eigenvalue weighted by molar-refractivity contribution is 6.02. The Morgan fingerprint density at radius 1 is 1.25 bits per heavy atom. The summed E-state index contributed by atoms with van der Waals surface area (Å²) in [6.45, 7) is 0.693. The van der Waals surface area contributed by atoms with Crippen molar-refractivity contribution in [3.05, 3.63) is 65.7 Å². The van der Waals surface area contributed by atoms with E-state index in [-0.39, 0.29) is 5.91 Å². The lowest BCUT2D eigenvalue weighted by Crippen LogP contribution is -2.16. The van der Waals surface area contributed by atoms with Gasteiger partial charge in [0.15, 0.2) is 5.69 Å². The molecule has 0 saturated heterocycles. The lowest BCUT2D eigenvalue weighted by atomic mass is 10.1. The van der Waals surface area contributed by atoms with Gasteiger partial charge in [-0.05, 0) is 24.8 Å². The molecule has 0 bridgehead atoms. The molecule has 1 amide bonds. The third-order valence-corrected chi connectivity index (χ3v) is 4.15. The maximum atomic E-state index is 12.3. The maximum Gasteiger partial charge on any atom is 0.278 e. The second-order valence-electron chi connectivity index (χ2n) is 6.02. The molecule has 122 valence electrons. The Labute approximate surface area is 139 Å². The van der Waals surface area contributed by atoms with Crippen molar-refractivity contribution in [2.24, 2.45) is 0 Å². The predicted octanol–water partition coefficient (Wildman–Crippen LogP) is 3.24. The molecule has 1 aliphatic carbocycles. The van der Waals surface area contributed by atoms with E-state index < -0.39 is 0 Å². The molecule has 6 heteroatoms. The topological polar surface area (TPSA) is 73.0 Å². The first-order chi connectivity index (χ1) is 11.8. The standard InChI is InChI=1S/C18H18N4O2/c23-18(15-12-16(24-21-15)14-6-7-14)20-17-8-10-19-22(17)11-9-13-4-2-1-3-5-13/h1-5,8,10,12,14H,6-7,9,11H2,(H,20,23). The largest absolute Gasteiger partial charge is 0.360 e. The van der Waals surface area contributed by atoms with Crippen LogP contribution in [0.25, 0.3) is 0 Å². The van der Waals surface area contributed by atoms with Crippen molar-refractivity contribution in [2.75, 3.05) is 5.32 Å². The van der Waals surface area contributed by atoms with Crippen LogP contribution in [0.15, 0.2) is 53.2 Å². The van der Waals surface area contributed by atoms with Crippen molar-refractivity contribution in [3.63, 3.8) is 0 Å². The van der Waals surface area contributed by atoms with E-state index in [4.69, 9.17) is 4.52 Å². The van der Waals surface area contributed by atoms with Crippen LogP contribution in [0.4, 0.5) is 5.82 Å². The Kier molecular flexibility index (Phi) is 3.86. The Balaban J connectivity index is 1.41. The summed E-state index contributed by atoms with van der Waals surface area (Å²) in [6.07, 6.45) is 4.76. The summed E-state index contributed by atoms with van der Waals surface area (Å²) in [6, 6.07) is 13.7. The van der Waals surface area contributed by atoms with Crippen molar-refractivity contribution in [1.29, 1.82) is 0 Å². The van der Waals surface area contributed by atoms with Crippen LogP contribution in [0, 0.1) is 0 Å². The highest BCUT2D eigenvalue weighted by Crippen LogP contribution is 2.40. The van der Waals surface area contributed by atoms with Gasteiger partial charge in [-0.2, -0.15) is 5.10 Å². The monoisotopic (exact) mass is 322 g/mol. The summed E-state index contributed by atoms with van der Waals surface area (Å²) in [5.41, 5.74) is 1.54.